The number of nitrogens with one attached hydrogen (secondary N) is 3. The zero-order valence-corrected chi connectivity index (χ0v) is 11.8. The van der Waals surface area contributed by atoms with Crippen molar-refractivity contribution in [3.8, 4) is 0 Å². The normalized spacial score (nSPS) is 16.6. The lowest BCUT2D eigenvalue weighted by Crippen LogP contribution is -2.20. The highest BCUT2D eigenvalue weighted by atomic mass is 16.1. The third-order valence-corrected chi connectivity index (χ3v) is 4.07. The van der Waals surface area contributed by atoms with Crippen molar-refractivity contribution in [3.05, 3.63) is 45.9 Å². The number of rotatable bonds is 5. The van der Waals surface area contributed by atoms with Crippen molar-refractivity contribution in [2.24, 2.45) is 0 Å². The van der Waals surface area contributed by atoms with Crippen molar-refractivity contribution >= 4 is 11.0 Å². The largest absolute Gasteiger partial charge is 0.323 e. The molecule has 20 heavy (non-hydrogen) atoms. The van der Waals surface area contributed by atoms with Crippen molar-refractivity contribution in [2.45, 2.75) is 38.6 Å². The molecule has 1 atom stereocenters. The van der Waals surface area contributed by atoms with Gasteiger partial charge in [-0.2, -0.15) is 0 Å². The smallest absolute Gasteiger partial charge is 0.310 e. The van der Waals surface area contributed by atoms with Crippen LogP contribution in [0, 0.1) is 0 Å². The number of allylic oxidation sites excluding steroid dienone is 1. The van der Waals surface area contributed by atoms with Gasteiger partial charge in [-0.25, -0.2) is 4.79 Å². The van der Waals surface area contributed by atoms with Crippen molar-refractivity contribution in [3.63, 3.8) is 0 Å². The van der Waals surface area contributed by atoms with Gasteiger partial charge in [-0.05, 0) is 56.8 Å². The van der Waals surface area contributed by atoms with Gasteiger partial charge in [-0.1, -0.05) is 17.7 Å². The highest BCUT2D eigenvalue weighted by Crippen LogP contribution is 2.21. The topological polar surface area (TPSA) is 60.7 Å². The summed E-state index contributed by atoms with van der Waals surface area (Å²) in [5.74, 6) is 0. The van der Waals surface area contributed by atoms with Crippen LogP contribution in [0.1, 0.15) is 44.2 Å². The average molecular weight is 271 g/mol. The minimum Gasteiger partial charge on any atom is -0.310 e. The van der Waals surface area contributed by atoms with Crippen LogP contribution in [0.4, 0.5) is 0 Å². The van der Waals surface area contributed by atoms with Gasteiger partial charge in [0.15, 0.2) is 0 Å². The minimum absolute atomic E-state index is 0.147. The number of hydrogen-bond donors (Lipinski definition) is 3. The first kappa shape index (κ1) is 13.2. The summed E-state index contributed by atoms with van der Waals surface area (Å²) >= 11 is 0. The summed E-state index contributed by atoms with van der Waals surface area (Å²) in [7, 11) is 0. The summed E-state index contributed by atoms with van der Waals surface area (Å²) in [6, 6.07) is 6.36. The Hall–Kier alpha value is -1.81. The van der Waals surface area contributed by atoms with E-state index in [2.05, 4.69) is 34.4 Å². The second-order valence-corrected chi connectivity index (χ2v) is 5.56. The number of H-pyrrole nitrogens is 2. The third-order valence-electron chi connectivity index (χ3n) is 4.07. The Balaban J connectivity index is 1.62. The van der Waals surface area contributed by atoms with Gasteiger partial charge in [0.1, 0.15) is 0 Å². The van der Waals surface area contributed by atoms with Crippen LogP contribution in [-0.4, -0.2) is 16.5 Å². The van der Waals surface area contributed by atoms with E-state index in [1.165, 1.54) is 24.8 Å². The summed E-state index contributed by atoms with van der Waals surface area (Å²) in [5.41, 5.74) is 4.39. The van der Waals surface area contributed by atoms with E-state index in [9.17, 15) is 4.79 Å². The first-order valence-electron chi connectivity index (χ1n) is 7.35. The number of aromatic nitrogens is 2. The van der Waals surface area contributed by atoms with Crippen LogP contribution < -0.4 is 11.0 Å². The van der Waals surface area contributed by atoms with E-state index < -0.39 is 0 Å². The number of imidazole rings is 1. The molecule has 4 nitrogen and oxygen atoms in total. The zero-order valence-electron chi connectivity index (χ0n) is 11.8. The predicted octanol–water partition coefficient (Wildman–Crippen LogP) is 3.01. The fraction of sp³-hybridized carbons (Fsp3) is 0.438. The molecule has 0 saturated carbocycles. The van der Waals surface area contributed by atoms with E-state index in [1.54, 1.807) is 5.57 Å². The number of aromatic amines is 2. The second-order valence-electron chi connectivity index (χ2n) is 5.56. The first-order chi connectivity index (χ1) is 9.72. The fourth-order valence-corrected chi connectivity index (χ4v) is 2.85. The SMILES string of the molecule is CC(NCCC1=CCCC1)c1ccc2[nH]c(=O)[nH]c2c1. The van der Waals surface area contributed by atoms with E-state index >= 15 is 0 Å². The molecule has 0 radical (unpaired) electrons. The van der Waals surface area contributed by atoms with Gasteiger partial charge in [0, 0.05) is 6.04 Å². The van der Waals surface area contributed by atoms with Crippen LogP contribution in [0.2, 0.25) is 0 Å². The summed E-state index contributed by atoms with van der Waals surface area (Å²) in [4.78, 5) is 16.8. The summed E-state index contributed by atoms with van der Waals surface area (Å²) in [5, 5.41) is 3.55. The Bertz CT molecular complexity index is 680. The maximum atomic E-state index is 11.3. The highest BCUT2D eigenvalue weighted by molar-refractivity contribution is 5.75. The molecule has 0 amide bonds. The maximum absolute atomic E-state index is 11.3. The van der Waals surface area contributed by atoms with Crippen LogP contribution in [0.25, 0.3) is 11.0 Å². The van der Waals surface area contributed by atoms with E-state index in [0.717, 1.165) is 24.0 Å². The molecule has 1 aromatic heterocycles. The van der Waals surface area contributed by atoms with Crippen LogP contribution in [-0.2, 0) is 0 Å². The lowest BCUT2D eigenvalue weighted by Gasteiger charge is -2.14. The predicted molar refractivity (Wildman–Crippen MR) is 81.9 cm³/mol. The van der Waals surface area contributed by atoms with Crippen molar-refractivity contribution in [2.75, 3.05) is 6.54 Å². The first-order valence-corrected chi connectivity index (χ1v) is 7.35. The molecular formula is C16H21N3O. The Kier molecular flexibility index (Phi) is 3.74. The average Bonchev–Trinajstić information content (AvgIpc) is 3.05. The van der Waals surface area contributed by atoms with Crippen LogP contribution in [0.3, 0.4) is 0 Å². The molecule has 1 unspecified atom stereocenters. The Morgan fingerprint density at radius 3 is 2.95 bits per heavy atom. The van der Waals surface area contributed by atoms with E-state index in [4.69, 9.17) is 0 Å². The molecule has 0 saturated heterocycles. The van der Waals surface area contributed by atoms with E-state index in [1.807, 2.05) is 12.1 Å². The molecule has 1 aromatic carbocycles. The standard InChI is InChI=1S/C16H21N3O/c1-11(17-9-8-12-4-2-3-5-12)13-6-7-14-15(10-13)19-16(20)18-14/h4,6-7,10-11,17H,2-3,5,8-9H2,1H3,(H2,18,19,20). The summed E-state index contributed by atoms with van der Waals surface area (Å²) in [6.45, 7) is 3.17. The van der Waals surface area contributed by atoms with Gasteiger partial charge in [0.2, 0.25) is 0 Å². The summed E-state index contributed by atoms with van der Waals surface area (Å²) < 4.78 is 0. The van der Waals surface area contributed by atoms with Gasteiger partial charge < -0.3 is 15.3 Å². The van der Waals surface area contributed by atoms with Crippen LogP contribution in [0.5, 0.6) is 0 Å². The van der Waals surface area contributed by atoms with Crippen molar-refractivity contribution < 1.29 is 0 Å². The Morgan fingerprint density at radius 2 is 2.15 bits per heavy atom. The molecule has 2 aromatic rings. The van der Waals surface area contributed by atoms with Gasteiger partial charge in [-0.3, -0.25) is 0 Å². The second kappa shape index (κ2) is 5.67. The Morgan fingerprint density at radius 1 is 1.30 bits per heavy atom. The quantitative estimate of drug-likeness (QED) is 0.732. The van der Waals surface area contributed by atoms with Gasteiger partial charge in [-0.15, -0.1) is 0 Å². The molecule has 4 heteroatoms. The number of hydrogen-bond acceptors (Lipinski definition) is 2. The van der Waals surface area contributed by atoms with Gasteiger partial charge in [0.05, 0.1) is 11.0 Å². The van der Waals surface area contributed by atoms with Crippen LogP contribution in [0.15, 0.2) is 34.6 Å². The van der Waals surface area contributed by atoms with Gasteiger partial charge >= 0.3 is 5.69 Å². The monoisotopic (exact) mass is 271 g/mol. The van der Waals surface area contributed by atoms with Crippen molar-refractivity contribution in [1.29, 1.82) is 0 Å². The fourth-order valence-electron chi connectivity index (χ4n) is 2.85. The zero-order chi connectivity index (χ0) is 13.9. The molecular weight excluding hydrogens is 250 g/mol. The molecule has 0 aliphatic heterocycles. The minimum atomic E-state index is -0.147. The molecule has 1 aliphatic rings. The molecule has 1 aliphatic carbocycles. The maximum Gasteiger partial charge on any atom is 0.323 e. The molecule has 3 rings (SSSR count). The molecule has 0 fully saturated rings. The van der Waals surface area contributed by atoms with E-state index in [-0.39, 0.29) is 5.69 Å². The molecule has 0 spiro atoms. The van der Waals surface area contributed by atoms with Gasteiger partial charge in [0.25, 0.3) is 0 Å². The molecule has 0 bridgehead atoms. The Labute approximate surface area is 118 Å². The lowest BCUT2D eigenvalue weighted by atomic mass is 10.1. The third kappa shape index (κ3) is 2.85. The van der Waals surface area contributed by atoms with E-state index in [0.29, 0.717) is 6.04 Å². The number of fused-ring (bicyclic) bond motifs is 1. The highest BCUT2D eigenvalue weighted by Gasteiger charge is 2.08. The molecule has 1 heterocycles. The molecule has 3 N–H and O–H groups in total. The lowest BCUT2D eigenvalue weighted by molar-refractivity contribution is 0.573. The molecule has 106 valence electrons. The van der Waals surface area contributed by atoms with Crippen molar-refractivity contribution in [1.82, 2.24) is 15.3 Å². The van der Waals surface area contributed by atoms with Crippen LogP contribution >= 0.6 is 0 Å². The number of benzene rings is 1. The summed E-state index contributed by atoms with van der Waals surface area (Å²) in [6.07, 6.45) is 7.37.